The molecular formula is C9H15NO3S. The van der Waals surface area contributed by atoms with E-state index in [1.165, 1.54) is 5.41 Å². The lowest BCUT2D eigenvalue weighted by Crippen LogP contribution is -2.46. The summed E-state index contributed by atoms with van der Waals surface area (Å²) in [5.41, 5.74) is 0. The Morgan fingerprint density at radius 3 is 2.36 bits per heavy atom. The SMILES string of the molecule is C=C[S@+]([O-])N1CCC2(CC1)OCCO2. The zero-order valence-electron chi connectivity index (χ0n) is 8.11. The van der Waals surface area contributed by atoms with Gasteiger partial charge in [0, 0.05) is 25.9 Å². The molecule has 0 radical (unpaired) electrons. The fourth-order valence-corrected chi connectivity index (χ4v) is 2.65. The predicted octanol–water partition coefficient (Wildman–Crippen LogP) is 0.633. The van der Waals surface area contributed by atoms with Crippen molar-refractivity contribution in [2.45, 2.75) is 18.6 Å². The monoisotopic (exact) mass is 217 g/mol. The molecule has 2 aliphatic rings. The molecule has 5 heteroatoms. The van der Waals surface area contributed by atoms with Crippen LogP contribution in [0.3, 0.4) is 0 Å². The van der Waals surface area contributed by atoms with Crippen LogP contribution in [0.25, 0.3) is 0 Å². The van der Waals surface area contributed by atoms with Crippen LogP contribution in [0.2, 0.25) is 0 Å². The van der Waals surface area contributed by atoms with Gasteiger partial charge in [0.05, 0.1) is 24.6 Å². The molecule has 2 aliphatic heterocycles. The topological polar surface area (TPSA) is 44.8 Å². The Morgan fingerprint density at radius 2 is 1.86 bits per heavy atom. The quantitative estimate of drug-likeness (QED) is 0.636. The second-order valence-corrected chi connectivity index (χ2v) is 4.88. The lowest BCUT2D eigenvalue weighted by atomic mass is 10.1. The van der Waals surface area contributed by atoms with Crippen LogP contribution in [-0.4, -0.2) is 40.9 Å². The molecule has 0 N–H and O–H groups in total. The van der Waals surface area contributed by atoms with Gasteiger partial charge in [-0.05, 0) is 6.58 Å². The molecular weight excluding hydrogens is 202 g/mol. The normalized spacial score (nSPS) is 29.2. The lowest BCUT2D eigenvalue weighted by molar-refractivity contribution is -0.179. The predicted molar refractivity (Wildman–Crippen MR) is 53.8 cm³/mol. The van der Waals surface area contributed by atoms with E-state index in [1.807, 2.05) is 4.31 Å². The van der Waals surface area contributed by atoms with Crippen molar-refractivity contribution in [3.8, 4) is 0 Å². The van der Waals surface area contributed by atoms with Crippen LogP contribution in [0.5, 0.6) is 0 Å². The van der Waals surface area contributed by atoms with Gasteiger partial charge in [-0.1, -0.05) is 0 Å². The summed E-state index contributed by atoms with van der Waals surface area (Å²) < 4.78 is 24.4. The van der Waals surface area contributed by atoms with E-state index in [0.717, 1.165) is 25.9 Å². The van der Waals surface area contributed by atoms with Gasteiger partial charge in [-0.3, -0.25) is 0 Å². The van der Waals surface area contributed by atoms with Gasteiger partial charge in [0.25, 0.3) is 0 Å². The Balaban J connectivity index is 1.88. The van der Waals surface area contributed by atoms with Crippen LogP contribution in [-0.2, 0) is 20.8 Å². The molecule has 1 spiro atoms. The third kappa shape index (κ3) is 1.97. The molecule has 0 unspecified atom stereocenters. The minimum absolute atomic E-state index is 0.373. The Kier molecular flexibility index (Phi) is 3.14. The van der Waals surface area contributed by atoms with Crippen LogP contribution in [0, 0.1) is 0 Å². The smallest absolute Gasteiger partial charge is 0.171 e. The maximum Gasteiger partial charge on any atom is 0.171 e. The largest absolute Gasteiger partial charge is 0.593 e. The Labute approximate surface area is 87.2 Å². The first kappa shape index (κ1) is 10.4. The summed E-state index contributed by atoms with van der Waals surface area (Å²) in [4.78, 5) is 0. The first-order valence-electron chi connectivity index (χ1n) is 4.82. The molecule has 0 bridgehead atoms. The van der Waals surface area contributed by atoms with E-state index in [0.29, 0.717) is 13.2 Å². The van der Waals surface area contributed by atoms with Crippen LogP contribution in [0.1, 0.15) is 12.8 Å². The highest BCUT2D eigenvalue weighted by atomic mass is 32.2. The summed E-state index contributed by atoms with van der Waals surface area (Å²) in [6, 6.07) is 0. The summed E-state index contributed by atoms with van der Waals surface area (Å²) in [6.07, 6.45) is 1.60. The molecule has 0 aliphatic carbocycles. The van der Waals surface area contributed by atoms with Crippen molar-refractivity contribution >= 4 is 11.4 Å². The van der Waals surface area contributed by atoms with E-state index in [4.69, 9.17) is 9.47 Å². The van der Waals surface area contributed by atoms with E-state index in [1.54, 1.807) is 0 Å². The average molecular weight is 217 g/mol. The third-order valence-corrected chi connectivity index (χ3v) is 3.85. The van der Waals surface area contributed by atoms with Gasteiger partial charge in [0.1, 0.15) is 5.41 Å². The van der Waals surface area contributed by atoms with Crippen LogP contribution >= 0.6 is 0 Å². The molecule has 2 rings (SSSR count). The Bertz CT molecular complexity index is 208. The first-order chi connectivity index (χ1) is 6.76. The summed E-state index contributed by atoms with van der Waals surface area (Å²) in [5.74, 6) is -0.373. The molecule has 0 saturated carbocycles. The van der Waals surface area contributed by atoms with E-state index in [9.17, 15) is 4.55 Å². The van der Waals surface area contributed by atoms with Gasteiger partial charge >= 0.3 is 0 Å². The molecule has 14 heavy (non-hydrogen) atoms. The van der Waals surface area contributed by atoms with E-state index in [-0.39, 0.29) is 5.79 Å². The molecule has 0 aromatic carbocycles. The Morgan fingerprint density at radius 1 is 1.29 bits per heavy atom. The minimum atomic E-state index is -1.04. The van der Waals surface area contributed by atoms with Gasteiger partial charge in [0.2, 0.25) is 0 Å². The van der Waals surface area contributed by atoms with Crippen molar-refractivity contribution in [1.29, 1.82) is 0 Å². The highest BCUT2D eigenvalue weighted by molar-refractivity contribution is 7.92. The summed E-state index contributed by atoms with van der Waals surface area (Å²) in [6.45, 7) is 6.39. The molecule has 80 valence electrons. The number of piperidine rings is 1. The van der Waals surface area contributed by atoms with Crippen molar-refractivity contribution < 1.29 is 14.0 Å². The average Bonchev–Trinajstić information content (AvgIpc) is 2.67. The molecule has 1 atom stereocenters. The number of hydrogen-bond acceptors (Lipinski definition) is 4. The zero-order chi connectivity index (χ0) is 10.0. The van der Waals surface area contributed by atoms with E-state index >= 15 is 0 Å². The maximum atomic E-state index is 11.4. The second kappa shape index (κ2) is 4.20. The van der Waals surface area contributed by atoms with Crippen molar-refractivity contribution in [3.05, 3.63) is 12.0 Å². The van der Waals surface area contributed by atoms with Gasteiger partial charge in [-0.25, -0.2) is 0 Å². The zero-order valence-corrected chi connectivity index (χ0v) is 8.92. The molecule has 0 aromatic rings. The first-order valence-corrected chi connectivity index (χ1v) is 5.99. The number of rotatable bonds is 2. The molecule has 2 saturated heterocycles. The molecule has 2 heterocycles. The Hall–Kier alpha value is -0.0700. The van der Waals surface area contributed by atoms with Gasteiger partial charge in [-0.2, -0.15) is 0 Å². The lowest BCUT2D eigenvalue weighted by Gasteiger charge is -2.36. The van der Waals surface area contributed by atoms with Crippen molar-refractivity contribution in [2.24, 2.45) is 0 Å². The van der Waals surface area contributed by atoms with Gasteiger partial charge in [0.15, 0.2) is 5.79 Å². The minimum Gasteiger partial charge on any atom is -0.593 e. The maximum absolute atomic E-state index is 11.4. The van der Waals surface area contributed by atoms with E-state index in [2.05, 4.69) is 6.58 Å². The van der Waals surface area contributed by atoms with Crippen LogP contribution < -0.4 is 0 Å². The summed E-state index contributed by atoms with van der Waals surface area (Å²) >= 11 is -1.04. The highest BCUT2D eigenvalue weighted by Gasteiger charge is 2.42. The van der Waals surface area contributed by atoms with Crippen LogP contribution in [0.15, 0.2) is 12.0 Å². The number of hydrogen-bond donors (Lipinski definition) is 0. The molecule has 2 fully saturated rings. The van der Waals surface area contributed by atoms with Crippen LogP contribution in [0.4, 0.5) is 0 Å². The van der Waals surface area contributed by atoms with Gasteiger partial charge in [-0.15, -0.1) is 4.31 Å². The molecule has 4 nitrogen and oxygen atoms in total. The van der Waals surface area contributed by atoms with Crippen molar-refractivity contribution in [1.82, 2.24) is 4.31 Å². The van der Waals surface area contributed by atoms with Gasteiger partial charge < -0.3 is 14.0 Å². The summed E-state index contributed by atoms with van der Waals surface area (Å²) in [5, 5.41) is 1.47. The molecule has 0 amide bonds. The van der Waals surface area contributed by atoms with Crippen molar-refractivity contribution in [2.75, 3.05) is 26.3 Å². The fourth-order valence-electron chi connectivity index (χ4n) is 1.90. The summed E-state index contributed by atoms with van der Waals surface area (Å²) in [7, 11) is 0. The fraction of sp³-hybridized carbons (Fsp3) is 0.778. The standard InChI is InChI=1S/C9H15NO3S/c1-2-14(11)10-5-3-9(4-6-10)12-7-8-13-9/h2H,1,3-8H2/t14-/m0/s1. The third-order valence-electron chi connectivity index (χ3n) is 2.69. The van der Waals surface area contributed by atoms with Crippen molar-refractivity contribution in [3.63, 3.8) is 0 Å². The number of ether oxygens (including phenoxy) is 2. The second-order valence-electron chi connectivity index (χ2n) is 3.48. The van der Waals surface area contributed by atoms with E-state index < -0.39 is 11.4 Å². The number of nitrogens with zero attached hydrogens (tertiary/aromatic N) is 1. The highest BCUT2D eigenvalue weighted by Crippen LogP contribution is 2.32. The molecule has 0 aromatic heterocycles.